The molecule has 0 aromatic carbocycles. The molecule has 0 saturated carbocycles. The Labute approximate surface area is 99.9 Å². The molecular weight excluding hydrogens is 220 g/mol. The smallest absolute Gasteiger partial charge is 0.354 e. The highest BCUT2D eigenvalue weighted by Crippen LogP contribution is 2.10. The van der Waals surface area contributed by atoms with Crippen molar-refractivity contribution in [1.82, 2.24) is 10.3 Å². The molecule has 17 heavy (non-hydrogen) atoms. The second kappa shape index (κ2) is 4.95. The van der Waals surface area contributed by atoms with Gasteiger partial charge >= 0.3 is 5.97 Å². The van der Waals surface area contributed by atoms with Gasteiger partial charge in [-0.25, -0.2) is 9.78 Å². The van der Waals surface area contributed by atoms with Crippen LogP contribution in [0.25, 0.3) is 0 Å². The van der Waals surface area contributed by atoms with Crippen LogP contribution in [0, 0.1) is 5.41 Å². The van der Waals surface area contributed by atoms with Crippen molar-refractivity contribution in [2.45, 2.75) is 20.8 Å². The third kappa shape index (κ3) is 4.22. The Morgan fingerprint density at radius 3 is 2.41 bits per heavy atom. The molecule has 5 nitrogen and oxygen atoms in total. The summed E-state index contributed by atoms with van der Waals surface area (Å²) in [5, 5.41) is 11.4. The van der Waals surface area contributed by atoms with Crippen molar-refractivity contribution in [3.63, 3.8) is 0 Å². The highest BCUT2D eigenvalue weighted by Gasteiger charge is 2.13. The minimum Gasteiger partial charge on any atom is -0.477 e. The fourth-order valence-electron chi connectivity index (χ4n) is 1.10. The number of carboxylic acid groups (broad SMARTS) is 1. The molecule has 1 rings (SSSR count). The fraction of sp³-hybridized carbons (Fsp3) is 0.417. The van der Waals surface area contributed by atoms with E-state index in [0.717, 1.165) is 0 Å². The zero-order chi connectivity index (χ0) is 13.1. The van der Waals surface area contributed by atoms with Crippen LogP contribution < -0.4 is 5.32 Å². The van der Waals surface area contributed by atoms with Crippen molar-refractivity contribution in [3.05, 3.63) is 29.6 Å². The number of pyridine rings is 1. The van der Waals surface area contributed by atoms with E-state index in [1.807, 2.05) is 20.8 Å². The second-order valence-electron chi connectivity index (χ2n) is 4.98. The molecule has 0 atom stereocenters. The zero-order valence-electron chi connectivity index (χ0n) is 10.2. The third-order valence-corrected chi connectivity index (χ3v) is 2.02. The van der Waals surface area contributed by atoms with E-state index in [4.69, 9.17) is 5.11 Å². The largest absolute Gasteiger partial charge is 0.477 e. The number of carboxylic acids is 1. The number of hydrogen-bond donors (Lipinski definition) is 2. The minimum atomic E-state index is -1.10. The van der Waals surface area contributed by atoms with E-state index in [-0.39, 0.29) is 17.0 Å². The number of aromatic carboxylic acids is 1. The fourth-order valence-corrected chi connectivity index (χ4v) is 1.10. The summed E-state index contributed by atoms with van der Waals surface area (Å²) in [4.78, 5) is 25.9. The van der Waals surface area contributed by atoms with Gasteiger partial charge in [0, 0.05) is 12.7 Å². The monoisotopic (exact) mass is 236 g/mol. The van der Waals surface area contributed by atoms with Crippen molar-refractivity contribution in [2.24, 2.45) is 5.41 Å². The van der Waals surface area contributed by atoms with Crippen LogP contribution in [-0.4, -0.2) is 28.5 Å². The molecule has 0 aliphatic carbocycles. The number of rotatable bonds is 3. The standard InChI is InChI=1S/C12H16N2O3/c1-12(2,3)7-14-10(15)8-4-5-9(11(16)17)13-6-8/h4-6H,7H2,1-3H3,(H,14,15)(H,16,17). The molecule has 5 heteroatoms. The van der Waals surface area contributed by atoms with Crippen molar-refractivity contribution in [1.29, 1.82) is 0 Å². The average Bonchev–Trinajstić information content (AvgIpc) is 2.25. The normalized spacial score (nSPS) is 11.0. The summed E-state index contributed by atoms with van der Waals surface area (Å²) in [6, 6.07) is 2.77. The quantitative estimate of drug-likeness (QED) is 0.834. The van der Waals surface area contributed by atoms with E-state index in [0.29, 0.717) is 12.1 Å². The first-order valence-electron chi connectivity index (χ1n) is 5.27. The van der Waals surface area contributed by atoms with Crippen LogP contribution >= 0.6 is 0 Å². The van der Waals surface area contributed by atoms with E-state index in [9.17, 15) is 9.59 Å². The Hall–Kier alpha value is -1.91. The Morgan fingerprint density at radius 2 is 2.00 bits per heavy atom. The first-order valence-corrected chi connectivity index (χ1v) is 5.27. The topological polar surface area (TPSA) is 79.3 Å². The summed E-state index contributed by atoms with van der Waals surface area (Å²) >= 11 is 0. The molecule has 0 fully saturated rings. The Bertz CT molecular complexity index is 418. The number of aromatic nitrogens is 1. The number of amides is 1. The van der Waals surface area contributed by atoms with Gasteiger partial charge in [0.2, 0.25) is 0 Å². The highest BCUT2D eigenvalue weighted by atomic mass is 16.4. The molecular formula is C12H16N2O3. The first kappa shape index (κ1) is 13.2. The highest BCUT2D eigenvalue weighted by molar-refractivity contribution is 5.94. The number of nitrogens with one attached hydrogen (secondary N) is 1. The van der Waals surface area contributed by atoms with Gasteiger partial charge in [-0.3, -0.25) is 4.79 Å². The summed E-state index contributed by atoms with van der Waals surface area (Å²) in [6.45, 7) is 6.59. The maximum absolute atomic E-state index is 11.7. The number of hydrogen-bond acceptors (Lipinski definition) is 3. The lowest BCUT2D eigenvalue weighted by Crippen LogP contribution is -2.32. The van der Waals surface area contributed by atoms with E-state index in [1.54, 1.807) is 0 Å². The van der Waals surface area contributed by atoms with Crippen LogP contribution in [-0.2, 0) is 0 Å². The minimum absolute atomic E-state index is 0.00406. The predicted octanol–water partition coefficient (Wildman–Crippen LogP) is 1.56. The number of carbonyl (C=O) groups excluding carboxylic acids is 1. The first-order chi connectivity index (χ1) is 7.79. The summed E-state index contributed by atoms with van der Waals surface area (Å²) in [5.41, 5.74) is 0.293. The van der Waals surface area contributed by atoms with Crippen molar-refractivity contribution >= 4 is 11.9 Å². The van der Waals surface area contributed by atoms with Crippen LogP contribution in [0.15, 0.2) is 18.3 Å². The maximum Gasteiger partial charge on any atom is 0.354 e. The second-order valence-corrected chi connectivity index (χ2v) is 4.98. The molecule has 0 saturated heterocycles. The van der Waals surface area contributed by atoms with Gasteiger partial charge in [-0.05, 0) is 17.5 Å². The van der Waals surface area contributed by atoms with Gasteiger partial charge in [0.05, 0.1) is 5.56 Å². The van der Waals surface area contributed by atoms with E-state index in [2.05, 4.69) is 10.3 Å². The SMILES string of the molecule is CC(C)(C)CNC(=O)c1ccc(C(=O)O)nc1. The van der Waals surface area contributed by atoms with Crippen molar-refractivity contribution in [3.8, 4) is 0 Å². The third-order valence-electron chi connectivity index (χ3n) is 2.02. The number of nitrogens with zero attached hydrogens (tertiary/aromatic N) is 1. The maximum atomic E-state index is 11.7. The molecule has 1 amide bonds. The van der Waals surface area contributed by atoms with Gasteiger partial charge in [-0.15, -0.1) is 0 Å². The summed E-state index contributed by atoms with van der Waals surface area (Å²) in [5.74, 6) is -1.35. The molecule has 0 bridgehead atoms. The molecule has 2 N–H and O–H groups in total. The lowest BCUT2D eigenvalue weighted by Gasteiger charge is -2.18. The molecule has 1 aromatic heterocycles. The molecule has 0 spiro atoms. The molecule has 1 heterocycles. The molecule has 0 aliphatic rings. The lowest BCUT2D eigenvalue weighted by molar-refractivity contribution is 0.0689. The molecule has 1 aromatic rings. The van der Waals surface area contributed by atoms with Crippen LogP contribution in [0.1, 0.15) is 41.6 Å². The van der Waals surface area contributed by atoms with Crippen molar-refractivity contribution in [2.75, 3.05) is 6.54 Å². The summed E-state index contributed by atoms with van der Waals surface area (Å²) in [6.07, 6.45) is 1.27. The number of carbonyl (C=O) groups is 2. The summed E-state index contributed by atoms with van der Waals surface area (Å²) < 4.78 is 0. The molecule has 0 aliphatic heterocycles. The van der Waals surface area contributed by atoms with Gasteiger partial charge < -0.3 is 10.4 Å². The van der Waals surface area contributed by atoms with Crippen LogP contribution in [0.3, 0.4) is 0 Å². The van der Waals surface area contributed by atoms with Crippen LogP contribution in [0.2, 0.25) is 0 Å². The van der Waals surface area contributed by atoms with Gasteiger partial charge in [0.1, 0.15) is 5.69 Å². The molecule has 0 unspecified atom stereocenters. The van der Waals surface area contributed by atoms with E-state index >= 15 is 0 Å². The van der Waals surface area contributed by atoms with E-state index in [1.165, 1.54) is 18.3 Å². The zero-order valence-corrected chi connectivity index (χ0v) is 10.2. The lowest BCUT2D eigenvalue weighted by atomic mass is 9.97. The van der Waals surface area contributed by atoms with E-state index < -0.39 is 5.97 Å². The van der Waals surface area contributed by atoms with Gasteiger partial charge in [0.15, 0.2) is 0 Å². The molecule has 0 radical (unpaired) electrons. The van der Waals surface area contributed by atoms with Crippen LogP contribution in [0.5, 0.6) is 0 Å². The average molecular weight is 236 g/mol. The molecule has 92 valence electrons. The van der Waals surface area contributed by atoms with Crippen molar-refractivity contribution < 1.29 is 14.7 Å². The summed E-state index contributed by atoms with van der Waals surface area (Å²) in [7, 11) is 0. The van der Waals surface area contributed by atoms with Gasteiger partial charge in [0.25, 0.3) is 5.91 Å². The van der Waals surface area contributed by atoms with Gasteiger partial charge in [-0.2, -0.15) is 0 Å². The Balaban J connectivity index is 2.67. The predicted molar refractivity (Wildman–Crippen MR) is 63.0 cm³/mol. The Kier molecular flexibility index (Phi) is 3.83. The Morgan fingerprint density at radius 1 is 1.35 bits per heavy atom. The van der Waals surface area contributed by atoms with Crippen LogP contribution in [0.4, 0.5) is 0 Å². The van der Waals surface area contributed by atoms with Gasteiger partial charge in [-0.1, -0.05) is 20.8 Å².